The molecular weight excluding hydrogens is 537 g/mol. The Hall–Kier alpha value is -4.48. The van der Waals surface area contributed by atoms with Crippen LogP contribution in [0.15, 0.2) is 73.1 Å². The second-order valence-corrected chi connectivity index (χ2v) is 10.8. The predicted molar refractivity (Wildman–Crippen MR) is 162 cm³/mol. The van der Waals surface area contributed by atoms with Crippen LogP contribution in [-0.2, 0) is 0 Å². The van der Waals surface area contributed by atoms with E-state index in [9.17, 15) is 9.65 Å². The maximum Gasteiger partial charge on any atom is 0.123 e. The lowest BCUT2D eigenvalue weighted by Gasteiger charge is -2.23. The van der Waals surface area contributed by atoms with Crippen LogP contribution in [0.3, 0.4) is 0 Å². The van der Waals surface area contributed by atoms with Crippen LogP contribution in [0.4, 0.5) is 15.8 Å². The predicted octanol–water partition coefficient (Wildman–Crippen LogP) is 8.14. The van der Waals surface area contributed by atoms with Gasteiger partial charge in [0, 0.05) is 23.3 Å². The van der Waals surface area contributed by atoms with E-state index in [4.69, 9.17) is 11.6 Å². The Balaban J connectivity index is 1.59. The fourth-order valence-electron chi connectivity index (χ4n) is 4.80. The smallest absolute Gasteiger partial charge is 0.123 e. The summed E-state index contributed by atoms with van der Waals surface area (Å²) in [7, 11) is 0. The zero-order valence-corrected chi connectivity index (χ0v) is 24.1. The van der Waals surface area contributed by atoms with Gasteiger partial charge in [-0.15, -0.1) is 5.10 Å². The van der Waals surface area contributed by atoms with E-state index in [0.29, 0.717) is 38.6 Å². The third-order valence-electron chi connectivity index (χ3n) is 7.12. The van der Waals surface area contributed by atoms with Gasteiger partial charge in [-0.3, -0.25) is 4.98 Å². The zero-order chi connectivity index (χ0) is 29.1. The third kappa shape index (κ3) is 6.01. The molecule has 0 amide bonds. The summed E-state index contributed by atoms with van der Waals surface area (Å²) >= 11 is 6.78. The number of aryl methyl sites for hydroxylation is 1. The lowest BCUT2D eigenvalue weighted by atomic mass is 10.0. The number of nitrogens with one attached hydrogen (secondary N) is 2. The van der Waals surface area contributed by atoms with Crippen molar-refractivity contribution in [3.63, 3.8) is 0 Å². The van der Waals surface area contributed by atoms with Gasteiger partial charge in [-0.1, -0.05) is 65.7 Å². The maximum absolute atomic E-state index is 13.8. The highest BCUT2D eigenvalue weighted by molar-refractivity contribution is 6.35. The topological polar surface area (TPSA) is 91.5 Å². The van der Waals surface area contributed by atoms with Crippen LogP contribution in [0.1, 0.15) is 73.3 Å². The van der Waals surface area contributed by atoms with Gasteiger partial charge in [0.05, 0.1) is 40.1 Å². The second-order valence-electron chi connectivity index (χ2n) is 10.4. The quantitative estimate of drug-likeness (QED) is 0.187. The van der Waals surface area contributed by atoms with Gasteiger partial charge >= 0.3 is 0 Å². The van der Waals surface area contributed by atoms with Crippen molar-refractivity contribution in [2.75, 3.05) is 10.6 Å². The molecule has 0 saturated carbocycles. The summed E-state index contributed by atoms with van der Waals surface area (Å²) in [6.45, 7) is 8.21. The van der Waals surface area contributed by atoms with E-state index in [1.54, 1.807) is 29.1 Å². The summed E-state index contributed by atoms with van der Waals surface area (Å²) in [6, 6.07) is 20.3. The van der Waals surface area contributed by atoms with Gasteiger partial charge in [-0.05, 0) is 62.6 Å². The van der Waals surface area contributed by atoms with Crippen molar-refractivity contribution in [2.45, 2.75) is 52.2 Å². The molecule has 9 heteroatoms. The number of rotatable bonds is 9. The average Bonchev–Trinajstić information content (AvgIpc) is 3.46. The van der Waals surface area contributed by atoms with Crippen molar-refractivity contribution in [3.8, 4) is 6.07 Å². The molecule has 0 aliphatic heterocycles. The lowest BCUT2D eigenvalue weighted by molar-refractivity contribution is 0.514. The Labute approximate surface area is 244 Å². The van der Waals surface area contributed by atoms with E-state index in [-0.39, 0.29) is 17.9 Å². The second kappa shape index (κ2) is 11.9. The van der Waals surface area contributed by atoms with E-state index in [1.807, 2.05) is 26.1 Å². The summed E-state index contributed by atoms with van der Waals surface area (Å²) in [5.74, 6) is -0.322. The number of fused-ring (bicyclic) bond motifs is 1. The molecule has 208 valence electrons. The van der Waals surface area contributed by atoms with Gasteiger partial charge in [-0.25, -0.2) is 9.07 Å². The molecule has 7 nitrogen and oxygen atoms in total. The highest BCUT2D eigenvalue weighted by atomic mass is 35.5. The lowest BCUT2D eigenvalue weighted by Crippen LogP contribution is -2.14. The number of halogens is 2. The van der Waals surface area contributed by atoms with Crippen LogP contribution in [0, 0.1) is 24.1 Å². The minimum atomic E-state index is -0.434. The first-order valence-electron chi connectivity index (χ1n) is 13.6. The standard InChI is InChI=1S/C32H31ClFN7/c1-5-28(21-8-6-20(4)7-9-21)38-30-23(16-35)17-36-32-26(30)14-25(15-27(32)33)37-31(22-10-12-24(34)13-11-22)29-18-41(19(2)3)40-39-29/h6-15,17-19,28,31,37H,5H2,1-4H3,(H,36,38). The zero-order valence-electron chi connectivity index (χ0n) is 23.4. The third-order valence-corrected chi connectivity index (χ3v) is 7.41. The average molecular weight is 568 g/mol. The van der Waals surface area contributed by atoms with Gasteiger partial charge in [0.2, 0.25) is 0 Å². The van der Waals surface area contributed by atoms with Crippen molar-refractivity contribution in [1.82, 2.24) is 20.0 Å². The number of nitriles is 1. The van der Waals surface area contributed by atoms with Crippen molar-refractivity contribution in [1.29, 1.82) is 5.26 Å². The number of nitrogens with zero attached hydrogens (tertiary/aromatic N) is 5. The van der Waals surface area contributed by atoms with Crippen molar-refractivity contribution >= 4 is 33.9 Å². The van der Waals surface area contributed by atoms with Gasteiger partial charge in [-0.2, -0.15) is 5.26 Å². The van der Waals surface area contributed by atoms with E-state index >= 15 is 0 Å². The van der Waals surface area contributed by atoms with Gasteiger partial charge < -0.3 is 10.6 Å². The molecule has 0 radical (unpaired) electrons. The summed E-state index contributed by atoms with van der Waals surface area (Å²) < 4.78 is 15.6. The minimum absolute atomic E-state index is 0.0262. The van der Waals surface area contributed by atoms with E-state index in [2.05, 4.69) is 70.1 Å². The monoisotopic (exact) mass is 567 g/mol. The Bertz CT molecular complexity index is 1710. The van der Waals surface area contributed by atoms with Crippen LogP contribution in [-0.4, -0.2) is 20.0 Å². The summed E-state index contributed by atoms with van der Waals surface area (Å²) in [5, 5.41) is 27.0. The van der Waals surface area contributed by atoms with E-state index in [0.717, 1.165) is 17.5 Å². The van der Waals surface area contributed by atoms with Crippen LogP contribution < -0.4 is 10.6 Å². The molecule has 2 atom stereocenters. The fourth-order valence-corrected chi connectivity index (χ4v) is 5.07. The van der Waals surface area contributed by atoms with Gasteiger partial charge in [0.15, 0.2) is 0 Å². The Morgan fingerprint density at radius 2 is 1.73 bits per heavy atom. The summed E-state index contributed by atoms with van der Waals surface area (Å²) in [4.78, 5) is 4.51. The number of hydrogen-bond donors (Lipinski definition) is 2. The van der Waals surface area contributed by atoms with Gasteiger partial charge in [0.25, 0.3) is 0 Å². The van der Waals surface area contributed by atoms with Crippen LogP contribution in [0.2, 0.25) is 5.02 Å². The van der Waals surface area contributed by atoms with Crippen LogP contribution in [0.5, 0.6) is 0 Å². The molecular formula is C32H31ClFN7. The number of hydrogen-bond acceptors (Lipinski definition) is 6. The van der Waals surface area contributed by atoms with Crippen molar-refractivity contribution in [3.05, 3.63) is 112 Å². The number of anilines is 2. The first-order chi connectivity index (χ1) is 19.8. The minimum Gasteiger partial charge on any atom is -0.377 e. The Morgan fingerprint density at radius 1 is 1.02 bits per heavy atom. The summed E-state index contributed by atoms with van der Waals surface area (Å²) in [6.07, 6.45) is 4.24. The molecule has 5 aromatic rings. The SMILES string of the molecule is CCC(Nc1c(C#N)cnc2c(Cl)cc(NC(c3ccc(F)cc3)c3cn(C(C)C)nn3)cc12)c1ccc(C)cc1. The van der Waals surface area contributed by atoms with Gasteiger partial charge in [0.1, 0.15) is 17.6 Å². The summed E-state index contributed by atoms with van der Waals surface area (Å²) in [5.41, 5.74) is 6.16. The van der Waals surface area contributed by atoms with Crippen molar-refractivity contribution < 1.29 is 4.39 Å². The molecule has 0 fully saturated rings. The van der Waals surface area contributed by atoms with Crippen LogP contribution >= 0.6 is 11.6 Å². The molecule has 0 aliphatic rings. The molecule has 0 aliphatic carbocycles. The Kier molecular flexibility index (Phi) is 8.18. The first-order valence-corrected chi connectivity index (χ1v) is 13.9. The molecule has 2 aromatic heterocycles. The molecule has 0 saturated heterocycles. The molecule has 3 aromatic carbocycles. The molecule has 5 rings (SSSR count). The normalized spacial score (nSPS) is 12.7. The molecule has 2 N–H and O–H groups in total. The molecule has 2 heterocycles. The van der Waals surface area contributed by atoms with Crippen LogP contribution in [0.25, 0.3) is 10.9 Å². The highest BCUT2D eigenvalue weighted by Crippen LogP contribution is 2.37. The van der Waals surface area contributed by atoms with Crippen molar-refractivity contribution in [2.24, 2.45) is 0 Å². The molecule has 2 unspecified atom stereocenters. The van der Waals surface area contributed by atoms with E-state index < -0.39 is 6.04 Å². The molecule has 41 heavy (non-hydrogen) atoms. The molecule has 0 bridgehead atoms. The Morgan fingerprint density at radius 3 is 2.37 bits per heavy atom. The number of aromatic nitrogens is 4. The fraction of sp³-hybridized carbons (Fsp3) is 0.250. The highest BCUT2D eigenvalue weighted by Gasteiger charge is 2.21. The number of benzene rings is 3. The molecule has 0 spiro atoms. The number of pyridine rings is 1. The first kappa shape index (κ1) is 28.1. The largest absolute Gasteiger partial charge is 0.377 e. The maximum atomic E-state index is 13.8. The van der Waals surface area contributed by atoms with E-state index in [1.165, 1.54) is 17.7 Å².